The number of anilines is 1. The van der Waals surface area contributed by atoms with Gasteiger partial charge in [-0.1, -0.05) is 20.8 Å². The van der Waals surface area contributed by atoms with Crippen LogP contribution >= 0.6 is 0 Å². The molecule has 1 aromatic carbocycles. The van der Waals surface area contributed by atoms with Gasteiger partial charge in [0.15, 0.2) is 5.78 Å². The summed E-state index contributed by atoms with van der Waals surface area (Å²) in [6.45, 7) is 7.69. The molecule has 0 radical (unpaired) electrons. The molecule has 1 aliphatic heterocycles. The molecule has 1 amide bonds. The van der Waals surface area contributed by atoms with E-state index < -0.39 is 11.0 Å². The van der Waals surface area contributed by atoms with Crippen LogP contribution in [0.3, 0.4) is 0 Å². The number of rotatable bonds is 8. The van der Waals surface area contributed by atoms with Crippen molar-refractivity contribution in [2.24, 2.45) is 10.8 Å². The number of carbonyl (C=O) groups excluding carboxylic acids is 2. The maximum absolute atomic E-state index is 12.9. The van der Waals surface area contributed by atoms with Crippen molar-refractivity contribution in [2.45, 2.75) is 47.1 Å². The van der Waals surface area contributed by atoms with Gasteiger partial charge in [-0.2, -0.15) is 5.26 Å². The third-order valence-electron chi connectivity index (χ3n) is 5.97. The largest absolute Gasteiger partial charge is 0.396 e. The highest BCUT2D eigenvalue weighted by Crippen LogP contribution is 2.32. The minimum Gasteiger partial charge on any atom is -0.396 e. The first-order valence-corrected chi connectivity index (χ1v) is 11.1. The zero-order valence-electron chi connectivity index (χ0n) is 20.0. The zero-order valence-corrected chi connectivity index (χ0v) is 20.0. The molecule has 0 unspecified atom stereocenters. The second-order valence-electron chi connectivity index (χ2n) is 9.88. The molecule has 1 fully saturated rings. The third kappa shape index (κ3) is 5.58. The van der Waals surface area contributed by atoms with Gasteiger partial charge in [0.2, 0.25) is 5.91 Å². The second-order valence-corrected chi connectivity index (χ2v) is 9.88. The average molecular weight is 467 g/mol. The van der Waals surface area contributed by atoms with Gasteiger partial charge >= 0.3 is 0 Å². The molecule has 1 aromatic heterocycles. The fourth-order valence-corrected chi connectivity index (χ4v) is 3.57. The Morgan fingerprint density at radius 1 is 1.29 bits per heavy atom. The maximum atomic E-state index is 12.9. The Morgan fingerprint density at radius 2 is 2.00 bits per heavy atom. The van der Waals surface area contributed by atoms with Crippen molar-refractivity contribution in [1.29, 1.82) is 5.26 Å². The van der Waals surface area contributed by atoms with Crippen molar-refractivity contribution in [1.82, 2.24) is 9.55 Å². The lowest BCUT2D eigenvalue weighted by Crippen LogP contribution is -2.46. The van der Waals surface area contributed by atoms with Gasteiger partial charge in [-0.3, -0.25) is 19.0 Å². The Morgan fingerprint density at radius 3 is 2.53 bits per heavy atom. The van der Waals surface area contributed by atoms with E-state index in [1.165, 1.54) is 10.6 Å². The van der Waals surface area contributed by atoms with E-state index in [-0.39, 0.29) is 36.7 Å². The number of nitrogens with zero attached hydrogens (tertiary/aromatic N) is 3. The highest BCUT2D eigenvalue weighted by Gasteiger charge is 2.38. The number of amides is 1. The monoisotopic (exact) mass is 466 g/mol. The minimum absolute atomic E-state index is 0.0335. The number of aromatic nitrogens is 2. The first-order valence-electron chi connectivity index (χ1n) is 11.1. The van der Waals surface area contributed by atoms with E-state index in [4.69, 9.17) is 4.74 Å². The number of hydrogen-bond acceptors (Lipinski definition) is 7. The maximum Gasteiger partial charge on any atom is 0.254 e. The molecular formula is C25H30N4O5. The molecular weight excluding hydrogens is 436 g/mol. The van der Waals surface area contributed by atoms with Crippen LogP contribution in [0, 0.1) is 29.1 Å². The molecule has 9 nitrogen and oxygen atoms in total. The lowest BCUT2D eigenvalue weighted by Gasteiger charge is -2.39. The Hall–Kier alpha value is -3.35. The Balaban J connectivity index is 1.85. The topological polar surface area (TPSA) is 134 Å². The Kier molecular flexibility index (Phi) is 7.34. The van der Waals surface area contributed by atoms with Crippen LogP contribution in [-0.4, -0.2) is 46.2 Å². The summed E-state index contributed by atoms with van der Waals surface area (Å²) in [6, 6.07) is 8.15. The molecule has 1 aliphatic rings. The normalized spacial score (nSPS) is 14.7. The number of ether oxygens (including phenoxy) is 1. The molecule has 0 aliphatic carbocycles. The highest BCUT2D eigenvalue weighted by molar-refractivity contribution is 5.98. The molecule has 0 saturated carbocycles. The molecule has 9 heteroatoms. The minimum atomic E-state index is -0.659. The number of aliphatic hydroxyl groups excluding tert-OH is 1. The van der Waals surface area contributed by atoms with Gasteiger partial charge < -0.3 is 15.2 Å². The molecule has 0 spiro atoms. The molecule has 2 N–H and O–H groups in total. The number of aryl methyl sites for hydroxylation is 1. The van der Waals surface area contributed by atoms with Gasteiger partial charge in [0.1, 0.15) is 5.82 Å². The zero-order chi connectivity index (χ0) is 25.1. The summed E-state index contributed by atoms with van der Waals surface area (Å²) in [5, 5.41) is 21.6. The summed E-state index contributed by atoms with van der Waals surface area (Å²) in [7, 11) is 0. The molecule has 2 heterocycles. The number of aliphatic hydroxyl groups is 1. The molecule has 34 heavy (non-hydrogen) atoms. The smallest absolute Gasteiger partial charge is 0.254 e. The number of hydrogen-bond donors (Lipinski definition) is 2. The van der Waals surface area contributed by atoms with Crippen LogP contribution in [0.2, 0.25) is 0 Å². The fourth-order valence-electron chi connectivity index (χ4n) is 3.57. The van der Waals surface area contributed by atoms with Gasteiger partial charge in [0, 0.05) is 28.9 Å². The van der Waals surface area contributed by atoms with Gasteiger partial charge in [-0.05, 0) is 31.5 Å². The van der Waals surface area contributed by atoms with E-state index in [1.54, 1.807) is 45.9 Å². The van der Waals surface area contributed by atoms with Crippen LogP contribution in [-0.2, 0) is 20.9 Å². The number of nitrogens with one attached hydrogen (secondary N) is 1. The first kappa shape index (κ1) is 25.3. The van der Waals surface area contributed by atoms with E-state index in [1.807, 2.05) is 6.07 Å². The van der Waals surface area contributed by atoms with E-state index in [0.717, 1.165) is 0 Å². The third-order valence-corrected chi connectivity index (χ3v) is 5.97. The van der Waals surface area contributed by atoms with Crippen LogP contribution in [0.1, 0.15) is 45.0 Å². The fraction of sp³-hybridized carbons (Fsp3) is 0.480. The lowest BCUT2D eigenvalue weighted by molar-refractivity contribution is -0.145. The molecule has 1 saturated heterocycles. The summed E-state index contributed by atoms with van der Waals surface area (Å²) < 4.78 is 6.47. The van der Waals surface area contributed by atoms with E-state index in [2.05, 4.69) is 10.3 Å². The van der Waals surface area contributed by atoms with Gasteiger partial charge in [-0.15, -0.1) is 0 Å². The van der Waals surface area contributed by atoms with Crippen molar-refractivity contribution in [2.75, 3.05) is 25.1 Å². The summed E-state index contributed by atoms with van der Waals surface area (Å²) in [4.78, 5) is 42.5. The average Bonchev–Trinajstić information content (AvgIpc) is 2.75. The first-order chi connectivity index (χ1) is 16.0. The molecule has 0 atom stereocenters. The molecule has 3 rings (SSSR count). The van der Waals surface area contributed by atoms with Crippen LogP contribution < -0.4 is 10.9 Å². The van der Waals surface area contributed by atoms with Crippen LogP contribution in [0.5, 0.6) is 0 Å². The summed E-state index contributed by atoms with van der Waals surface area (Å²) >= 11 is 0. The van der Waals surface area contributed by atoms with Crippen molar-refractivity contribution < 1.29 is 19.4 Å². The van der Waals surface area contributed by atoms with Gasteiger partial charge in [-0.25, -0.2) is 4.98 Å². The lowest BCUT2D eigenvalue weighted by atomic mass is 9.81. The summed E-state index contributed by atoms with van der Waals surface area (Å²) in [6.07, 6.45) is 0.736. The predicted molar refractivity (Wildman–Crippen MR) is 126 cm³/mol. The highest BCUT2D eigenvalue weighted by atomic mass is 16.5. The molecule has 2 aromatic rings. The molecule has 180 valence electrons. The van der Waals surface area contributed by atoms with Crippen molar-refractivity contribution >= 4 is 17.4 Å². The number of carbonyl (C=O) groups is 2. The van der Waals surface area contributed by atoms with Gasteiger partial charge in [0.25, 0.3) is 5.56 Å². The number of Topliss-reactive ketones (excluding diaryl/α,β-unsaturated/α-hetero) is 1. The molecule has 0 bridgehead atoms. The number of nitriles is 1. The van der Waals surface area contributed by atoms with Crippen molar-refractivity contribution in [3.8, 4) is 17.3 Å². The summed E-state index contributed by atoms with van der Waals surface area (Å²) in [5.41, 5.74) is 0.180. The van der Waals surface area contributed by atoms with Crippen LogP contribution in [0.15, 0.2) is 29.1 Å². The van der Waals surface area contributed by atoms with E-state index in [0.29, 0.717) is 48.0 Å². The number of ketones is 1. The standard InChI is InChI=1S/C25H30N4O5/c1-16-27-21(19-6-5-17(11-26)9-20(19)28-23(33)24(2,3)4)10-22(32)29(16)12-18(31)7-8-25(13-30)14-34-15-25/h5-6,9-10,30H,7-8,12-15H2,1-4H3,(H,28,33). The second kappa shape index (κ2) is 9.87. The quantitative estimate of drug-likeness (QED) is 0.610. The number of benzene rings is 1. The van der Waals surface area contributed by atoms with Crippen molar-refractivity contribution in [3.63, 3.8) is 0 Å². The van der Waals surface area contributed by atoms with Crippen molar-refractivity contribution in [3.05, 3.63) is 46.0 Å². The van der Waals surface area contributed by atoms with E-state index >= 15 is 0 Å². The SMILES string of the molecule is Cc1nc(-c2ccc(C#N)cc2NC(=O)C(C)(C)C)cc(=O)n1CC(=O)CCC1(CO)COC1. The van der Waals surface area contributed by atoms with Crippen LogP contribution in [0.4, 0.5) is 5.69 Å². The summed E-state index contributed by atoms with van der Waals surface area (Å²) in [5.74, 6) is -0.00912. The predicted octanol–water partition coefficient (Wildman–Crippen LogP) is 2.43. The Bertz CT molecular complexity index is 1190. The van der Waals surface area contributed by atoms with Gasteiger partial charge in [0.05, 0.1) is 49.4 Å². The Labute approximate surface area is 198 Å². The van der Waals surface area contributed by atoms with Crippen LogP contribution in [0.25, 0.3) is 11.3 Å². The van der Waals surface area contributed by atoms with E-state index in [9.17, 15) is 24.8 Å².